The van der Waals surface area contributed by atoms with Crippen LogP contribution in [0.2, 0.25) is 0 Å². The van der Waals surface area contributed by atoms with E-state index >= 15 is 0 Å². The highest BCUT2D eigenvalue weighted by molar-refractivity contribution is 8.00. The first-order valence-corrected chi connectivity index (χ1v) is 7.83. The zero-order valence-electron chi connectivity index (χ0n) is 12.0. The Hall–Kier alpha value is -1.88. The zero-order chi connectivity index (χ0) is 14.9. The summed E-state index contributed by atoms with van der Waals surface area (Å²) in [6, 6.07) is 9.71. The molecule has 2 rings (SSSR count). The van der Waals surface area contributed by atoms with Gasteiger partial charge in [-0.1, -0.05) is 6.07 Å². The number of pyridine rings is 2. The molecule has 0 bridgehead atoms. The predicted octanol–water partition coefficient (Wildman–Crippen LogP) is 3.05. The minimum absolute atomic E-state index is 0.186. The Balaban J connectivity index is 1.61. The number of hydrogen-bond donors (Lipinski definition) is 0. The van der Waals surface area contributed by atoms with Crippen molar-refractivity contribution in [2.24, 2.45) is 0 Å². The molecule has 4 nitrogen and oxygen atoms in total. The molecule has 0 N–H and O–H groups in total. The third-order valence-corrected chi connectivity index (χ3v) is 3.78. The highest BCUT2D eigenvalue weighted by Crippen LogP contribution is 2.16. The van der Waals surface area contributed by atoms with Gasteiger partial charge < -0.3 is 4.74 Å². The van der Waals surface area contributed by atoms with Gasteiger partial charge in [0.2, 0.25) is 0 Å². The lowest BCUT2D eigenvalue weighted by molar-refractivity contribution is -0.140. The van der Waals surface area contributed by atoms with E-state index in [1.165, 1.54) is 11.8 Å². The lowest BCUT2D eigenvalue weighted by Gasteiger charge is -2.05. The maximum atomic E-state index is 11.6. The number of aryl methyl sites for hydroxylation is 2. The SMILES string of the molecule is Cc1cccc(CCCOC(=O)CSc2ccncc2)n1. The number of ether oxygens (including phenoxy) is 1. The summed E-state index contributed by atoms with van der Waals surface area (Å²) >= 11 is 1.46. The van der Waals surface area contributed by atoms with E-state index in [1.54, 1.807) is 12.4 Å². The molecule has 0 aliphatic carbocycles. The van der Waals surface area contributed by atoms with Gasteiger partial charge in [0.25, 0.3) is 0 Å². The number of nitrogens with zero attached hydrogens (tertiary/aromatic N) is 2. The molecule has 21 heavy (non-hydrogen) atoms. The monoisotopic (exact) mass is 302 g/mol. The first kappa shape index (κ1) is 15.5. The van der Waals surface area contributed by atoms with Crippen molar-refractivity contribution in [1.29, 1.82) is 0 Å². The fourth-order valence-electron chi connectivity index (χ4n) is 1.80. The van der Waals surface area contributed by atoms with Crippen molar-refractivity contribution in [3.8, 4) is 0 Å². The van der Waals surface area contributed by atoms with Crippen LogP contribution in [0.3, 0.4) is 0 Å². The molecular weight excluding hydrogens is 284 g/mol. The number of rotatable bonds is 7. The third kappa shape index (κ3) is 5.95. The average molecular weight is 302 g/mol. The first-order valence-electron chi connectivity index (χ1n) is 6.85. The molecule has 0 aromatic carbocycles. The van der Waals surface area contributed by atoms with Gasteiger partial charge in [-0.25, -0.2) is 0 Å². The fourth-order valence-corrected chi connectivity index (χ4v) is 2.48. The molecular formula is C16H18N2O2S. The number of thioether (sulfide) groups is 1. The van der Waals surface area contributed by atoms with Crippen molar-refractivity contribution in [3.63, 3.8) is 0 Å². The first-order chi connectivity index (χ1) is 10.2. The Kier molecular flexibility index (Phi) is 6.22. The van der Waals surface area contributed by atoms with Crippen molar-refractivity contribution < 1.29 is 9.53 Å². The zero-order valence-corrected chi connectivity index (χ0v) is 12.8. The molecule has 0 amide bonds. The van der Waals surface area contributed by atoms with Gasteiger partial charge in [0.1, 0.15) is 0 Å². The Labute approximate surface area is 129 Å². The second kappa shape index (κ2) is 8.42. The van der Waals surface area contributed by atoms with Crippen molar-refractivity contribution in [1.82, 2.24) is 9.97 Å². The smallest absolute Gasteiger partial charge is 0.316 e. The van der Waals surface area contributed by atoms with Gasteiger partial charge in [0.05, 0.1) is 12.4 Å². The number of carbonyl (C=O) groups is 1. The molecule has 2 heterocycles. The predicted molar refractivity (Wildman–Crippen MR) is 83.2 cm³/mol. The van der Waals surface area contributed by atoms with Crippen LogP contribution in [0.4, 0.5) is 0 Å². The highest BCUT2D eigenvalue weighted by atomic mass is 32.2. The largest absolute Gasteiger partial charge is 0.465 e. The molecule has 0 unspecified atom stereocenters. The molecule has 5 heteroatoms. The Bertz CT molecular complexity index is 575. The molecule has 0 radical (unpaired) electrons. The summed E-state index contributed by atoms with van der Waals surface area (Å²) in [6.45, 7) is 2.41. The molecule has 2 aromatic heterocycles. The van der Waals surface area contributed by atoms with Crippen LogP contribution in [0.1, 0.15) is 17.8 Å². The van der Waals surface area contributed by atoms with E-state index in [9.17, 15) is 4.79 Å². The lowest BCUT2D eigenvalue weighted by atomic mass is 10.2. The van der Waals surface area contributed by atoms with Crippen LogP contribution in [0.25, 0.3) is 0 Å². The Morgan fingerprint density at radius 3 is 2.81 bits per heavy atom. The average Bonchev–Trinajstić information content (AvgIpc) is 2.51. The topological polar surface area (TPSA) is 52.1 Å². The minimum Gasteiger partial charge on any atom is -0.465 e. The van der Waals surface area contributed by atoms with Crippen LogP contribution < -0.4 is 0 Å². The maximum absolute atomic E-state index is 11.6. The van der Waals surface area contributed by atoms with E-state index in [-0.39, 0.29) is 5.97 Å². The number of carbonyl (C=O) groups excluding carboxylic acids is 1. The van der Waals surface area contributed by atoms with Crippen molar-refractivity contribution >= 4 is 17.7 Å². The van der Waals surface area contributed by atoms with Gasteiger partial charge in [0.15, 0.2) is 0 Å². The summed E-state index contributed by atoms with van der Waals surface area (Å²) in [7, 11) is 0. The van der Waals surface area contributed by atoms with Crippen LogP contribution in [0.15, 0.2) is 47.6 Å². The molecule has 110 valence electrons. The van der Waals surface area contributed by atoms with Gasteiger partial charge in [-0.15, -0.1) is 11.8 Å². The summed E-state index contributed by atoms with van der Waals surface area (Å²) in [5, 5.41) is 0. The van der Waals surface area contributed by atoms with Crippen molar-refractivity contribution in [2.45, 2.75) is 24.7 Å². The van der Waals surface area contributed by atoms with Crippen molar-refractivity contribution in [2.75, 3.05) is 12.4 Å². The van der Waals surface area contributed by atoms with Gasteiger partial charge in [-0.3, -0.25) is 14.8 Å². The van der Waals surface area contributed by atoms with Gasteiger partial charge in [-0.05, 0) is 44.0 Å². The Morgan fingerprint density at radius 2 is 2.05 bits per heavy atom. The number of esters is 1. The molecule has 0 aliphatic heterocycles. The maximum Gasteiger partial charge on any atom is 0.316 e. The van der Waals surface area contributed by atoms with E-state index in [4.69, 9.17) is 4.74 Å². The summed E-state index contributed by atoms with van der Waals surface area (Å²) in [6.07, 6.45) is 5.04. The molecule has 0 saturated carbocycles. The molecule has 0 aliphatic rings. The van der Waals surface area contributed by atoms with E-state index in [0.717, 1.165) is 29.1 Å². The van der Waals surface area contributed by atoms with Gasteiger partial charge in [-0.2, -0.15) is 0 Å². The summed E-state index contributed by atoms with van der Waals surface area (Å²) < 4.78 is 5.21. The molecule has 0 spiro atoms. The quantitative estimate of drug-likeness (QED) is 0.447. The molecule has 0 fully saturated rings. The summed E-state index contributed by atoms with van der Waals surface area (Å²) in [5.41, 5.74) is 2.05. The van der Waals surface area contributed by atoms with E-state index < -0.39 is 0 Å². The van der Waals surface area contributed by atoms with Gasteiger partial charge in [0, 0.05) is 28.7 Å². The van der Waals surface area contributed by atoms with Crippen LogP contribution in [-0.4, -0.2) is 28.3 Å². The summed E-state index contributed by atoms with van der Waals surface area (Å²) in [4.78, 5) is 21.0. The minimum atomic E-state index is -0.186. The standard InChI is InChI=1S/C16H18N2O2S/c1-13-4-2-5-14(18-13)6-3-11-20-16(19)12-21-15-7-9-17-10-8-15/h2,4-5,7-10H,3,6,11-12H2,1H3. The molecule has 0 saturated heterocycles. The second-order valence-electron chi connectivity index (χ2n) is 4.57. The number of aromatic nitrogens is 2. The van der Waals surface area contributed by atoms with Crippen LogP contribution in [-0.2, 0) is 16.0 Å². The van der Waals surface area contributed by atoms with E-state index in [0.29, 0.717) is 12.4 Å². The van der Waals surface area contributed by atoms with Crippen molar-refractivity contribution in [3.05, 3.63) is 54.1 Å². The van der Waals surface area contributed by atoms with E-state index in [2.05, 4.69) is 9.97 Å². The lowest BCUT2D eigenvalue weighted by Crippen LogP contribution is -2.09. The third-order valence-electron chi connectivity index (χ3n) is 2.79. The van der Waals surface area contributed by atoms with E-state index in [1.807, 2.05) is 37.3 Å². The second-order valence-corrected chi connectivity index (χ2v) is 5.61. The van der Waals surface area contributed by atoms with Gasteiger partial charge >= 0.3 is 5.97 Å². The fraction of sp³-hybridized carbons (Fsp3) is 0.312. The highest BCUT2D eigenvalue weighted by Gasteiger charge is 2.04. The van der Waals surface area contributed by atoms with Crippen LogP contribution in [0.5, 0.6) is 0 Å². The Morgan fingerprint density at radius 1 is 1.24 bits per heavy atom. The molecule has 2 aromatic rings. The van der Waals surface area contributed by atoms with Crippen LogP contribution >= 0.6 is 11.8 Å². The molecule has 0 atom stereocenters. The summed E-state index contributed by atoms with van der Waals surface area (Å²) in [5.74, 6) is 0.140. The normalized spacial score (nSPS) is 10.3. The number of hydrogen-bond acceptors (Lipinski definition) is 5. The van der Waals surface area contributed by atoms with Crippen LogP contribution in [0, 0.1) is 6.92 Å².